The van der Waals surface area contributed by atoms with E-state index in [1.807, 2.05) is 25.1 Å². The Hall–Kier alpha value is -2.92. The van der Waals surface area contributed by atoms with Crippen molar-refractivity contribution in [3.63, 3.8) is 0 Å². The van der Waals surface area contributed by atoms with Gasteiger partial charge < -0.3 is 10.2 Å². The van der Waals surface area contributed by atoms with Gasteiger partial charge in [0, 0.05) is 28.6 Å². The van der Waals surface area contributed by atoms with Crippen LogP contribution in [0.25, 0.3) is 0 Å². The van der Waals surface area contributed by atoms with Crippen molar-refractivity contribution >= 4 is 34.8 Å². The van der Waals surface area contributed by atoms with Crippen molar-refractivity contribution in [1.29, 1.82) is 0 Å². The molecule has 5 nitrogen and oxygen atoms in total. The number of hydrogen-bond acceptors (Lipinski definition) is 4. The Morgan fingerprint density at radius 2 is 2.00 bits per heavy atom. The largest absolute Gasteiger partial charge is 0.320 e. The molecule has 1 amide bonds. The van der Waals surface area contributed by atoms with E-state index in [-0.39, 0.29) is 11.9 Å². The summed E-state index contributed by atoms with van der Waals surface area (Å²) >= 11 is 6.13. The minimum atomic E-state index is -0.288. The third-order valence-corrected chi connectivity index (χ3v) is 5.22. The molecule has 2 aromatic carbocycles. The van der Waals surface area contributed by atoms with Gasteiger partial charge in [-0.3, -0.25) is 4.79 Å². The molecule has 0 radical (unpaired) electrons. The Morgan fingerprint density at radius 1 is 1.19 bits per heavy atom. The number of fused-ring (bicyclic) bond motifs is 1. The molecule has 27 heavy (non-hydrogen) atoms. The van der Waals surface area contributed by atoms with E-state index in [4.69, 9.17) is 11.6 Å². The first kappa shape index (κ1) is 17.5. The van der Waals surface area contributed by atoms with Crippen LogP contribution < -0.4 is 10.2 Å². The van der Waals surface area contributed by atoms with E-state index in [2.05, 4.69) is 39.2 Å². The van der Waals surface area contributed by atoms with Crippen LogP contribution in [0.2, 0.25) is 5.02 Å². The maximum atomic E-state index is 12.7. The summed E-state index contributed by atoms with van der Waals surface area (Å²) in [5.74, 6) is 0.243. The fraction of sp³-hybridized carbons (Fsp3) is 0.190. The van der Waals surface area contributed by atoms with E-state index in [9.17, 15) is 4.79 Å². The zero-order valence-electron chi connectivity index (χ0n) is 15.1. The van der Waals surface area contributed by atoms with E-state index in [1.54, 1.807) is 24.4 Å². The summed E-state index contributed by atoms with van der Waals surface area (Å²) in [5, 5.41) is 3.49. The number of para-hydroxylation sites is 1. The van der Waals surface area contributed by atoms with Crippen LogP contribution in [0.1, 0.15) is 28.5 Å². The molecule has 1 aliphatic rings. The van der Waals surface area contributed by atoms with Crippen LogP contribution in [0.5, 0.6) is 0 Å². The van der Waals surface area contributed by atoms with Crippen LogP contribution in [0, 0.1) is 6.92 Å². The average Bonchev–Trinajstić information content (AvgIpc) is 3.01. The van der Waals surface area contributed by atoms with Crippen LogP contribution in [0.15, 0.2) is 54.7 Å². The summed E-state index contributed by atoms with van der Waals surface area (Å²) in [6.07, 6.45) is 2.55. The average molecular weight is 379 g/mol. The number of rotatable bonds is 3. The first-order valence-electron chi connectivity index (χ1n) is 8.81. The van der Waals surface area contributed by atoms with Gasteiger partial charge in [-0.05, 0) is 55.7 Å². The highest BCUT2D eigenvalue weighted by Crippen LogP contribution is 2.36. The summed E-state index contributed by atoms with van der Waals surface area (Å²) in [7, 11) is 0. The molecule has 1 aromatic heterocycles. The molecule has 0 aliphatic carbocycles. The smallest absolute Gasteiger partial charge is 0.274 e. The van der Waals surface area contributed by atoms with Crippen molar-refractivity contribution in [2.45, 2.75) is 26.3 Å². The summed E-state index contributed by atoms with van der Waals surface area (Å²) in [5.41, 5.74) is 4.17. The number of nitrogens with one attached hydrogen (secondary N) is 1. The van der Waals surface area contributed by atoms with Crippen LogP contribution in [0.3, 0.4) is 0 Å². The van der Waals surface area contributed by atoms with Crippen molar-refractivity contribution in [3.8, 4) is 0 Å². The van der Waals surface area contributed by atoms with Crippen LogP contribution >= 0.6 is 11.6 Å². The van der Waals surface area contributed by atoms with E-state index in [0.717, 1.165) is 17.7 Å². The molecule has 2 heterocycles. The number of carbonyl (C=O) groups is 1. The Bertz CT molecular complexity index is 1020. The third-order valence-electron chi connectivity index (χ3n) is 4.81. The predicted molar refractivity (Wildman–Crippen MR) is 108 cm³/mol. The topological polar surface area (TPSA) is 58.1 Å². The first-order valence-corrected chi connectivity index (χ1v) is 9.19. The molecule has 4 rings (SSSR count). The quantitative estimate of drug-likeness (QED) is 0.713. The Balaban J connectivity index is 1.63. The number of benzene rings is 2. The molecule has 0 fully saturated rings. The molecular formula is C21H19ClN4O. The summed E-state index contributed by atoms with van der Waals surface area (Å²) in [6.45, 7) is 4.00. The second kappa shape index (κ2) is 7.00. The van der Waals surface area contributed by atoms with Gasteiger partial charge in [0.05, 0.1) is 0 Å². The lowest BCUT2D eigenvalue weighted by Gasteiger charge is -2.22. The van der Waals surface area contributed by atoms with Crippen molar-refractivity contribution in [2.24, 2.45) is 0 Å². The van der Waals surface area contributed by atoms with Crippen molar-refractivity contribution in [2.75, 3.05) is 10.2 Å². The number of halogens is 1. The van der Waals surface area contributed by atoms with Gasteiger partial charge in [-0.1, -0.05) is 35.9 Å². The predicted octanol–water partition coefficient (Wildman–Crippen LogP) is 4.77. The Morgan fingerprint density at radius 3 is 2.85 bits per heavy atom. The maximum absolute atomic E-state index is 12.7. The molecule has 1 aliphatic heterocycles. The van der Waals surface area contributed by atoms with Gasteiger partial charge in [0.25, 0.3) is 5.91 Å². The second-order valence-corrected chi connectivity index (χ2v) is 7.07. The first-order chi connectivity index (χ1) is 13.0. The number of amides is 1. The molecule has 0 bridgehead atoms. The highest BCUT2D eigenvalue weighted by atomic mass is 35.5. The van der Waals surface area contributed by atoms with Gasteiger partial charge in [0.15, 0.2) is 0 Å². The number of carbonyl (C=O) groups excluding carboxylic acids is 1. The number of aromatic nitrogens is 2. The summed E-state index contributed by atoms with van der Waals surface area (Å²) < 4.78 is 0. The fourth-order valence-corrected chi connectivity index (χ4v) is 3.57. The molecule has 3 aromatic rings. The van der Waals surface area contributed by atoms with E-state index >= 15 is 0 Å². The monoisotopic (exact) mass is 378 g/mol. The lowest BCUT2D eigenvalue weighted by Crippen LogP contribution is -2.27. The van der Waals surface area contributed by atoms with Gasteiger partial charge in [-0.2, -0.15) is 0 Å². The van der Waals surface area contributed by atoms with Crippen molar-refractivity contribution in [1.82, 2.24) is 9.97 Å². The molecule has 0 saturated heterocycles. The summed E-state index contributed by atoms with van der Waals surface area (Å²) in [6, 6.07) is 15.5. The van der Waals surface area contributed by atoms with Gasteiger partial charge in [0.1, 0.15) is 5.69 Å². The fourth-order valence-electron chi connectivity index (χ4n) is 3.39. The lowest BCUT2D eigenvalue weighted by atomic mass is 10.1. The highest BCUT2D eigenvalue weighted by molar-refractivity contribution is 6.31. The highest BCUT2D eigenvalue weighted by Gasteiger charge is 2.29. The van der Waals surface area contributed by atoms with E-state index in [1.165, 1.54) is 5.56 Å². The van der Waals surface area contributed by atoms with Crippen LogP contribution in [-0.4, -0.2) is 21.9 Å². The van der Waals surface area contributed by atoms with E-state index in [0.29, 0.717) is 22.4 Å². The minimum absolute atomic E-state index is 0.232. The standard InChI is InChI=1S/C21H19ClN4O/c1-13-12-15-6-3-4-9-19(15)26(13)21-23-11-10-18(25-21)20(27)24-17-8-5-7-16(22)14(17)2/h3-11,13H,12H2,1-2H3,(H,24,27). The molecule has 1 atom stereocenters. The van der Waals surface area contributed by atoms with Gasteiger partial charge >= 0.3 is 0 Å². The number of nitrogens with zero attached hydrogens (tertiary/aromatic N) is 3. The minimum Gasteiger partial charge on any atom is -0.320 e. The third kappa shape index (κ3) is 3.26. The van der Waals surface area contributed by atoms with Gasteiger partial charge in [-0.15, -0.1) is 0 Å². The molecule has 0 spiro atoms. The molecule has 0 saturated carbocycles. The van der Waals surface area contributed by atoms with Gasteiger partial charge in [0.2, 0.25) is 5.95 Å². The molecule has 136 valence electrons. The molecular weight excluding hydrogens is 360 g/mol. The Labute approximate surface area is 163 Å². The molecule has 1 unspecified atom stereocenters. The second-order valence-electron chi connectivity index (χ2n) is 6.66. The maximum Gasteiger partial charge on any atom is 0.274 e. The molecule has 6 heteroatoms. The SMILES string of the molecule is Cc1c(Cl)cccc1NC(=O)c1ccnc(N2c3ccccc3CC2C)n1. The Kier molecular flexibility index (Phi) is 4.54. The van der Waals surface area contributed by atoms with Crippen molar-refractivity contribution < 1.29 is 4.79 Å². The van der Waals surface area contributed by atoms with E-state index < -0.39 is 0 Å². The van der Waals surface area contributed by atoms with Gasteiger partial charge in [-0.25, -0.2) is 9.97 Å². The van der Waals surface area contributed by atoms with Crippen LogP contribution in [0.4, 0.5) is 17.3 Å². The normalized spacial score (nSPS) is 15.5. The number of hydrogen-bond donors (Lipinski definition) is 1. The number of anilines is 3. The summed E-state index contributed by atoms with van der Waals surface area (Å²) in [4.78, 5) is 23.7. The molecule has 1 N–H and O–H groups in total. The lowest BCUT2D eigenvalue weighted by molar-refractivity contribution is 0.102. The zero-order valence-corrected chi connectivity index (χ0v) is 15.9. The van der Waals surface area contributed by atoms with Crippen molar-refractivity contribution in [3.05, 3.63) is 76.6 Å². The van der Waals surface area contributed by atoms with Crippen LogP contribution in [-0.2, 0) is 6.42 Å². The zero-order chi connectivity index (χ0) is 19.0.